The topological polar surface area (TPSA) is 59.8 Å². The predicted octanol–water partition coefficient (Wildman–Crippen LogP) is 2.00. The molecule has 0 radical (unpaired) electrons. The Morgan fingerprint density at radius 1 is 1.53 bits per heavy atom. The minimum absolute atomic E-state index is 0.0692. The van der Waals surface area contributed by atoms with Crippen LogP contribution in [0.1, 0.15) is 35.9 Å². The summed E-state index contributed by atoms with van der Waals surface area (Å²) in [4.78, 5) is 25.8. The number of hydrogen-bond acceptors (Lipinski definition) is 4. The first-order valence-corrected chi connectivity index (χ1v) is 6.63. The standard InChI is InChI=1S/C14H19NO4/c1-3-18-14(17)11-5-4-7-15(9-11)13(16)12-6-8-19-10(12)2/h6,8,11H,3-5,7,9H2,1-2H3/t11-/m1/s1. The summed E-state index contributed by atoms with van der Waals surface area (Å²) >= 11 is 0. The molecule has 0 aromatic carbocycles. The fraction of sp³-hybridized carbons (Fsp3) is 0.571. The van der Waals surface area contributed by atoms with Gasteiger partial charge in [0.1, 0.15) is 5.76 Å². The van der Waals surface area contributed by atoms with Gasteiger partial charge in [-0.15, -0.1) is 0 Å². The number of esters is 1. The van der Waals surface area contributed by atoms with Crippen LogP contribution in [0.5, 0.6) is 0 Å². The molecule has 1 aliphatic heterocycles. The zero-order valence-corrected chi connectivity index (χ0v) is 11.3. The lowest BCUT2D eigenvalue weighted by Crippen LogP contribution is -2.42. The van der Waals surface area contributed by atoms with E-state index in [2.05, 4.69) is 0 Å². The maximum atomic E-state index is 12.3. The Hall–Kier alpha value is -1.78. The highest BCUT2D eigenvalue weighted by Crippen LogP contribution is 2.21. The molecule has 1 fully saturated rings. The number of rotatable bonds is 3. The predicted molar refractivity (Wildman–Crippen MR) is 68.7 cm³/mol. The van der Waals surface area contributed by atoms with Crippen molar-refractivity contribution in [1.82, 2.24) is 4.90 Å². The van der Waals surface area contributed by atoms with Crippen molar-refractivity contribution < 1.29 is 18.7 Å². The molecule has 2 heterocycles. The molecule has 1 amide bonds. The number of aryl methyl sites for hydroxylation is 1. The fourth-order valence-electron chi connectivity index (χ4n) is 2.39. The number of nitrogens with zero attached hydrogens (tertiary/aromatic N) is 1. The van der Waals surface area contributed by atoms with E-state index in [1.54, 1.807) is 24.8 Å². The molecule has 1 saturated heterocycles. The summed E-state index contributed by atoms with van der Waals surface area (Å²) < 4.78 is 10.2. The zero-order valence-electron chi connectivity index (χ0n) is 11.3. The molecule has 5 heteroatoms. The minimum atomic E-state index is -0.205. The average Bonchev–Trinajstić information content (AvgIpc) is 2.84. The second kappa shape index (κ2) is 5.91. The lowest BCUT2D eigenvalue weighted by molar-refractivity contribution is -0.149. The highest BCUT2D eigenvalue weighted by atomic mass is 16.5. The van der Waals surface area contributed by atoms with Crippen molar-refractivity contribution in [2.24, 2.45) is 5.92 Å². The summed E-state index contributed by atoms with van der Waals surface area (Å²) in [6, 6.07) is 1.67. The van der Waals surface area contributed by atoms with Crippen molar-refractivity contribution in [2.45, 2.75) is 26.7 Å². The molecular formula is C14H19NO4. The highest BCUT2D eigenvalue weighted by molar-refractivity contribution is 5.95. The van der Waals surface area contributed by atoms with Crippen molar-refractivity contribution in [3.8, 4) is 0 Å². The Labute approximate surface area is 112 Å². The lowest BCUT2D eigenvalue weighted by Gasteiger charge is -2.31. The quantitative estimate of drug-likeness (QED) is 0.784. The summed E-state index contributed by atoms with van der Waals surface area (Å²) in [5, 5.41) is 0. The van der Waals surface area contributed by atoms with E-state index in [9.17, 15) is 9.59 Å². The number of likely N-dealkylation sites (tertiary alicyclic amines) is 1. The Morgan fingerprint density at radius 2 is 2.32 bits per heavy atom. The van der Waals surface area contributed by atoms with Crippen LogP contribution in [0, 0.1) is 12.8 Å². The molecule has 0 N–H and O–H groups in total. The van der Waals surface area contributed by atoms with Gasteiger partial charge < -0.3 is 14.1 Å². The van der Waals surface area contributed by atoms with Crippen molar-refractivity contribution in [3.05, 3.63) is 23.7 Å². The average molecular weight is 265 g/mol. The van der Waals surface area contributed by atoms with Crippen LogP contribution in [0.15, 0.2) is 16.7 Å². The molecule has 0 spiro atoms. The molecule has 19 heavy (non-hydrogen) atoms. The largest absolute Gasteiger partial charge is 0.469 e. The second-order valence-electron chi connectivity index (χ2n) is 4.73. The van der Waals surface area contributed by atoms with Gasteiger partial charge in [0.05, 0.1) is 24.4 Å². The summed E-state index contributed by atoms with van der Waals surface area (Å²) in [5.41, 5.74) is 0.574. The second-order valence-corrected chi connectivity index (χ2v) is 4.73. The molecule has 0 aliphatic carbocycles. The van der Waals surface area contributed by atoms with Crippen LogP contribution in [0.2, 0.25) is 0 Å². The number of amides is 1. The van der Waals surface area contributed by atoms with E-state index in [0.717, 1.165) is 12.8 Å². The molecule has 5 nitrogen and oxygen atoms in total. The van der Waals surface area contributed by atoms with Gasteiger partial charge in [0.2, 0.25) is 0 Å². The third kappa shape index (κ3) is 2.97. The van der Waals surface area contributed by atoms with Gasteiger partial charge in [-0.05, 0) is 32.8 Å². The summed E-state index contributed by atoms with van der Waals surface area (Å²) in [5.74, 6) is 0.136. The maximum Gasteiger partial charge on any atom is 0.310 e. The van der Waals surface area contributed by atoms with Crippen molar-refractivity contribution in [3.63, 3.8) is 0 Å². The van der Waals surface area contributed by atoms with Crippen molar-refractivity contribution in [2.75, 3.05) is 19.7 Å². The molecule has 104 valence electrons. The van der Waals surface area contributed by atoms with Crippen LogP contribution in [0.3, 0.4) is 0 Å². The number of furan rings is 1. The third-order valence-corrected chi connectivity index (χ3v) is 3.42. The van der Waals surface area contributed by atoms with E-state index in [0.29, 0.717) is 31.0 Å². The molecule has 0 unspecified atom stereocenters. The molecule has 1 aliphatic rings. The number of piperidine rings is 1. The molecule has 0 saturated carbocycles. The summed E-state index contributed by atoms with van der Waals surface area (Å²) in [6.07, 6.45) is 3.12. The number of hydrogen-bond donors (Lipinski definition) is 0. The monoisotopic (exact) mass is 265 g/mol. The minimum Gasteiger partial charge on any atom is -0.469 e. The smallest absolute Gasteiger partial charge is 0.310 e. The maximum absolute atomic E-state index is 12.3. The summed E-state index contributed by atoms with van der Waals surface area (Å²) in [6.45, 7) is 5.05. The fourth-order valence-corrected chi connectivity index (χ4v) is 2.39. The van der Waals surface area contributed by atoms with E-state index in [1.807, 2.05) is 0 Å². The lowest BCUT2D eigenvalue weighted by atomic mass is 9.97. The highest BCUT2D eigenvalue weighted by Gasteiger charge is 2.30. The van der Waals surface area contributed by atoms with Gasteiger partial charge in [0.25, 0.3) is 5.91 Å². The number of ether oxygens (including phenoxy) is 1. The zero-order chi connectivity index (χ0) is 13.8. The Bertz CT molecular complexity index is 466. The molecule has 1 aromatic heterocycles. The van der Waals surface area contributed by atoms with Crippen LogP contribution < -0.4 is 0 Å². The normalized spacial score (nSPS) is 19.3. The Balaban J connectivity index is 2.03. The number of carbonyl (C=O) groups is 2. The first-order chi connectivity index (χ1) is 9.13. The van der Waals surface area contributed by atoms with Gasteiger partial charge in [0.15, 0.2) is 0 Å². The molecule has 2 rings (SSSR count). The van der Waals surface area contributed by atoms with E-state index in [-0.39, 0.29) is 17.8 Å². The van der Waals surface area contributed by atoms with Crippen molar-refractivity contribution >= 4 is 11.9 Å². The van der Waals surface area contributed by atoms with Crippen LogP contribution in [-0.2, 0) is 9.53 Å². The first kappa shape index (κ1) is 13.6. The van der Waals surface area contributed by atoms with E-state index < -0.39 is 0 Å². The van der Waals surface area contributed by atoms with E-state index in [1.165, 1.54) is 6.26 Å². The van der Waals surface area contributed by atoms with Gasteiger partial charge in [-0.1, -0.05) is 0 Å². The summed E-state index contributed by atoms with van der Waals surface area (Å²) in [7, 11) is 0. The van der Waals surface area contributed by atoms with Gasteiger partial charge in [-0.25, -0.2) is 0 Å². The third-order valence-electron chi connectivity index (χ3n) is 3.42. The van der Waals surface area contributed by atoms with Crippen LogP contribution in [0.4, 0.5) is 0 Å². The van der Waals surface area contributed by atoms with Crippen LogP contribution >= 0.6 is 0 Å². The molecule has 0 bridgehead atoms. The SMILES string of the molecule is CCOC(=O)[C@@H]1CCCN(C(=O)c2ccoc2C)C1. The van der Waals surface area contributed by atoms with Crippen molar-refractivity contribution in [1.29, 1.82) is 0 Å². The molecular weight excluding hydrogens is 246 g/mol. The first-order valence-electron chi connectivity index (χ1n) is 6.63. The van der Waals surface area contributed by atoms with Gasteiger partial charge in [-0.2, -0.15) is 0 Å². The Morgan fingerprint density at radius 3 is 2.95 bits per heavy atom. The molecule has 1 aromatic rings. The van der Waals surface area contributed by atoms with Gasteiger partial charge in [0, 0.05) is 13.1 Å². The van der Waals surface area contributed by atoms with E-state index in [4.69, 9.17) is 9.15 Å². The Kier molecular flexibility index (Phi) is 4.24. The van der Waals surface area contributed by atoms with Crippen LogP contribution in [0.25, 0.3) is 0 Å². The van der Waals surface area contributed by atoms with E-state index >= 15 is 0 Å². The van der Waals surface area contributed by atoms with Crippen LogP contribution in [-0.4, -0.2) is 36.5 Å². The van der Waals surface area contributed by atoms with Gasteiger partial charge in [-0.3, -0.25) is 9.59 Å². The van der Waals surface area contributed by atoms with Gasteiger partial charge >= 0.3 is 5.97 Å². The molecule has 1 atom stereocenters. The number of carbonyl (C=O) groups excluding carboxylic acids is 2.